The van der Waals surface area contributed by atoms with Gasteiger partial charge in [0.25, 0.3) is 5.91 Å². The third-order valence-electron chi connectivity index (χ3n) is 4.16. The summed E-state index contributed by atoms with van der Waals surface area (Å²) in [6, 6.07) is 18.7. The molecule has 2 heterocycles. The van der Waals surface area contributed by atoms with Crippen LogP contribution < -0.4 is 0 Å². The monoisotopic (exact) mass is 445 g/mol. The number of hydrogen-bond acceptors (Lipinski definition) is 4. The highest BCUT2D eigenvalue weighted by atomic mass is 35.5. The number of hydrogen-bond donors (Lipinski definition) is 0. The summed E-state index contributed by atoms with van der Waals surface area (Å²) in [4.78, 5) is 14.9. The SMILES string of the molecule is O=C1/C(=C\c2ccc(-c3ccc(Cl)c(Cl)c3)o2)SC(=S)N1Cc1ccccc1. The largest absolute Gasteiger partial charge is 0.457 e. The Morgan fingerprint density at radius 2 is 1.82 bits per heavy atom. The van der Waals surface area contributed by atoms with Gasteiger partial charge in [-0.05, 0) is 35.9 Å². The van der Waals surface area contributed by atoms with Crippen LogP contribution in [0, 0.1) is 0 Å². The molecule has 0 atom stereocenters. The minimum Gasteiger partial charge on any atom is -0.457 e. The van der Waals surface area contributed by atoms with Gasteiger partial charge in [0.1, 0.15) is 15.8 Å². The third-order valence-corrected chi connectivity index (χ3v) is 6.28. The van der Waals surface area contributed by atoms with Gasteiger partial charge in [0.05, 0.1) is 21.5 Å². The fourth-order valence-electron chi connectivity index (χ4n) is 2.77. The molecular formula is C21H13Cl2NO2S2. The lowest BCUT2D eigenvalue weighted by molar-refractivity contribution is -0.122. The summed E-state index contributed by atoms with van der Waals surface area (Å²) in [6.45, 7) is 0.454. The molecule has 0 unspecified atom stereocenters. The first-order valence-electron chi connectivity index (χ1n) is 8.36. The number of carbonyl (C=O) groups excluding carboxylic acids is 1. The lowest BCUT2D eigenvalue weighted by Crippen LogP contribution is -2.27. The van der Waals surface area contributed by atoms with E-state index in [1.807, 2.05) is 48.5 Å². The van der Waals surface area contributed by atoms with E-state index in [0.717, 1.165) is 11.1 Å². The molecule has 7 heteroatoms. The Morgan fingerprint density at radius 1 is 1.04 bits per heavy atom. The van der Waals surface area contributed by atoms with Crippen molar-refractivity contribution < 1.29 is 9.21 Å². The number of halogens is 2. The van der Waals surface area contributed by atoms with Gasteiger partial charge in [-0.15, -0.1) is 0 Å². The standard InChI is InChI=1S/C21H13Cl2NO2S2/c22-16-8-6-14(10-17(16)23)18-9-7-15(26-18)11-19-20(25)24(21(27)28-19)12-13-4-2-1-3-5-13/h1-11H,12H2/b19-11+. The van der Waals surface area contributed by atoms with Crippen molar-refractivity contribution in [2.75, 3.05) is 0 Å². The number of carbonyl (C=O) groups is 1. The van der Waals surface area contributed by atoms with Gasteiger partial charge in [0.2, 0.25) is 0 Å². The van der Waals surface area contributed by atoms with Crippen molar-refractivity contribution in [2.24, 2.45) is 0 Å². The summed E-state index contributed by atoms with van der Waals surface area (Å²) >= 11 is 18.7. The van der Waals surface area contributed by atoms with Crippen LogP contribution in [-0.4, -0.2) is 15.1 Å². The average molecular weight is 446 g/mol. The minimum atomic E-state index is -0.119. The molecule has 28 heavy (non-hydrogen) atoms. The van der Waals surface area contributed by atoms with Crippen LogP contribution in [0.15, 0.2) is 70.0 Å². The van der Waals surface area contributed by atoms with Gasteiger partial charge in [-0.1, -0.05) is 77.5 Å². The van der Waals surface area contributed by atoms with Crippen LogP contribution in [-0.2, 0) is 11.3 Å². The molecule has 1 saturated heterocycles. The van der Waals surface area contributed by atoms with E-state index in [4.69, 9.17) is 39.8 Å². The maximum atomic E-state index is 12.8. The summed E-state index contributed by atoms with van der Waals surface area (Å²) in [5.41, 5.74) is 1.84. The van der Waals surface area contributed by atoms with E-state index in [0.29, 0.717) is 37.3 Å². The smallest absolute Gasteiger partial charge is 0.266 e. The van der Waals surface area contributed by atoms with Crippen LogP contribution >= 0.6 is 47.2 Å². The van der Waals surface area contributed by atoms with Crippen molar-refractivity contribution in [3.8, 4) is 11.3 Å². The van der Waals surface area contributed by atoms with E-state index < -0.39 is 0 Å². The number of rotatable bonds is 4. The van der Waals surface area contributed by atoms with E-state index in [2.05, 4.69) is 0 Å². The summed E-state index contributed by atoms with van der Waals surface area (Å²) in [6.07, 6.45) is 1.71. The molecule has 1 aromatic heterocycles. The van der Waals surface area contributed by atoms with Gasteiger partial charge in [-0.25, -0.2) is 0 Å². The highest BCUT2D eigenvalue weighted by molar-refractivity contribution is 8.26. The molecule has 0 radical (unpaired) electrons. The van der Waals surface area contributed by atoms with E-state index in [-0.39, 0.29) is 5.91 Å². The van der Waals surface area contributed by atoms with Gasteiger partial charge in [0.15, 0.2) is 0 Å². The molecule has 4 rings (SSSR count). The normalized spacial score (nSPS) is 15.6. The molecule has 0 spiro atoms. The van der Waals surface area contributed by atoms with Crippen molar-refractivity contribution in [2.45, 2.75) is 6.54 Å². The Morgan fingerprint density at radius 3 is 2.57 bits per heavy atom. The quantitative estimate of drug-likeness (QED) is 0.332. The second-order valence-electron chi connectivity index (χ2n) is 6.08. The molecule has 1 fully saturated rings. The second kappa shape index (κ2) is 8.13. The molecule has 1 aliphatic heterocycles. The Kier molecular flexibility index (Phi) is 5.60. The number of thioether (sulfide) groups is 1. The van der Waals surface area contributed by atoms with Crippen LogP contribution in [0.4, 0.5) is 0 Å². The fraction of sp³-hybridized carbons (Fsp3) is 0.0476. The lowest BCUT2D eigenvalue weighted by Gasteiger charge is -2.14. The first-order chi connectivity index (χ1) is 13.5. The minimum absolute atomic E-state index is 0.119. The van der Waals surface area contributed by atoms with Crippen molar-refractivity contribution in [1.82, 2.24) is 4.90 Å². The molecule has 0 N–H and O–H groups in total. The number of nitrogens with zero attached hydrogens (tertiary/aromatic N) is 1. The number of benzene rings is 2. The van der Waals surface area contributed by atoms with Crippen LogP contribution in [0.5, 0.6) is 0 Å². The van der Waals surface area contributed by atoms with Crippen LogP contribution in [0.25, 0.3) is 17.4 Å². The first kappa shape index (κ1) is 19.3. The number of furan rings is 1. The van der Waals surface area contributed by atoms with Crippen LogP contribution in [0.1, 0.15) is 11.3 Å². The molecule has 0 saturated carbocycles. The summed E-state index contributed by atoms with van der Waals surface area (Å²) in [5.74, 6) is 1.09. The highest BCUT2D eigenvalue weighted by Crippen LogP contribution is 2.35. The Balaban J connectivity index is 1.55. The maximum Gasteiger partial charge on any atom is 0.266 e. The molecular weight excluding hydrogens is 433 g/mol. The van der Waals surface area contributed by atoms with E-state index in [1.165, 1.54) is 11.8 Å². The van der Waals surface area contributed by atoms with E-state index in [1.54, 1.807) is 23.1 Å². The first-order valence-corrected chi connectivity index (χ1v) is 10.3. The van der Waals surface area contributed by atoms with Gasteiger partial charge >= 0.3 is 0 Å². The molecule has 2 aromatic carbocycles. The van der Waals surface area contributed by atoms with Crippen LogP contribution in [0.3, 0.4) is 0 Å². The zero-order chi connectivity index (χ0) is 19.7. The van der Waals surface area contributed by atoms with Crippen molar-refractivity contribution in [3.63, 3.8) is 0 Å². The Labute approximate surface area is 181 Å². The number of thiocarbonyl (C=S) groups is 1. The predicted molar refractivity (Wildman–Crippen MR) is 119 cm³/mol. The van der Waals surface area contributed by atoms with Crippen molar-refractivity contribution >= 4 is 63.5 Å². The molecule has 1 amide bonds. The van der Waals surface area contributed by atoms with Gasteiger partial charge in [-0.3, -0.25) is 9.69 Å². The summed E-state index contributed by atoms with van der Waals surface area (Å²) < 4.78 is 6.40. The predicted octanol–water partition coefficient (Wildman–Crippen LogP) is 6.65. The third kappa shape index (κ3) is 4.03. The van der Waals surface area contributed by atoms with Gasteiger partial charge < -0.3 is 4.42 Å². The van der Waals surface area contributed by atoms with Gasteiger partial charge in [-0.2, -0.15) is 0 Å². The second-order valence-corrected chi connectivity index (χ2v) is 8.57. The Hall–Kier alpha value is -2.05. The lowest BCUT2D eigenvalue weighted by atomic mass is 10.2. The summed E-state index contributed by atoms with van der Waals surface area (Å²) in [7, 11) is 0. The molecule has 3 nitrogen and oxygen atoms in total. The topological polar surface area (TPSA) is 33.5 Å². The maximum absolute atomic E-state index is 12.8. The Bertz CT molecular complexity index is 1090. The summed E-state index contributed by atoms with van der Waals surface area (Å²) in [5, 5.41) is 0.943. The van der Waals surface area contributed by atoms with E-state index in [9.17, 15) is 4.79 Å². The average Bonchev–Trinajstić information content (AvgIpc) is 3.25. The molecule has 0 bridgehead atoms. The number of amides is 1. The van der Waals surface area contributed by atoms with E-state index >= 15 is 0 Å². The van der Waals surface area contributed by atoms with Gasteiger partial charge in [0, 0.05) is 11.6 Å². The van der Waals surface area contributed by atoms with Crippen molar-refractivity contribution in [1.29, 1.82) is 0 Å². The van der Waals surface area contributed by atoms with Crippen LogP contribution in [0.2, 0.25) is 10.0 Å². The molecule has 140 valence electrons. The molecule has 3 aromatic rings. The highest BCUT2D eigenvalue weighted by Gasteiger charge is 2.32. The molecule has 0 aliphatic carbocycles. The zero-order valence-corrected chi connectivity index (χ0v) is 17.5. The fourth-order valence-corrected chi connectivity index (χ4v) is 4.30. The van der Waals surface area contributed by atoms with Crippen molar-refractivity contribution in [3.05, 3.63) is 86.9 Å². The zero-order valence-electron chi connectivity index (χ0n) is 14.4. The molecule has 1 aliphatic rings.